The van der Waals surface area contributed by atoms with Crippen LogP contribution < -0.4 is 5.32 Å². The van der Waals surface area contributed by atoms with Crippen molar-refractivity contribution in [2.24, 2.45) is 5.92 Å². The number of nitrogens with one attached hydrogen (secondary N) is 1. The van der Waals surface area contributed by atoms with E-state index in [-0.39, 0.29) is 5.91 Å². The fraction of sp³-hybridized carbons (Fsp3) is 0.643. The molecule has 106 valence electrons. The molecule has 0 aliphatic carbocycles. The molecule has 1 N–H and O–H groups in total. The third kappa shape index (κ3) is 3.60. The topological polar surface area (TPSA) is 45.5 Å². The van der Waals surface area contributed by atoms with Crippen LogP contribution in [0.3, 0.4) is 0 Å². The first-order valence-electron chi connectivity index (χ1n) is 6.81. The Hall–Kier alpha value is -0.810. The monoisotopic (exact) mass is 328 g/mol. The second kappa shape index (κ2) is 6.57. The van der Waals surface area contributed by atoms with Crippen LogP contribution in [0.25, 0.3) is 0 Å². The van der Waals surface area contributed by atoms with Crippen molar-refractivity contribution < 1.29 is 9.21 Å². The molecule has 1 aliphatic heterocycles. The first-order chi connectivity index (χ1) is 9.11. The van der Waals surface area contributed by atoms with E-state index < -0.39 is 0 Å². The minimum absolute atomic E-state index is 0.0234. The molecule has 0 spiro atoms. The number of carbonyl (C=O) groups excluding carboxylic acids is 1. The van der Waals surface area contributed by atoms with Gasteiger partial charge in [0, 0.05) is 18.7 Å². The fourth-order valence-corrected chi connectivity index (χ4v) is 3.08. The zero-order chi connectivity index (χ0) is 13.8. The highest BCUT2D eigenvalue weighted by Crippen LogP contribution is 2.25. The van der Waals surface area contributed by atoms with Crippen LogP contribution in [0, 0.1) is 12.8 Å². The highest BCUT2D eigenvalue weighted by atomic mass is 79.9. The minimum atomic E-state index is 0.0234. The summed E-state index contributed by atoms with van der Waals surface area (Å²) in [6, 6.07) is 1.84. The molecule has 0 saturated carbocycles. The van der Waals surface area contributed by atoms with Crippen LogP contribution in [-0.4, -0.2) is 37.5 Å². The molecule has 1 fully saturated rings. The minimum Gasteiger partial charge on any atom is -0.444 e. The molecule has 19 heavy (non-hydrogen) atoms. The summed E-state index contributed by atoms with van der Waals surface area (Å²) in [6.07, 6.45) is 3.38. The van der Waals surface area contributed by atoms with E-state index in [9.17, 15) is 4.79 Å². The highest BCUT2D eigenvalue weighted by Gasteiger charge is 2.26. The largest absolute Gasteiger partial charge is 0.444 e. The molecule has 0 radical (unpaired) electrons. The Bertz CT molecular complexity index is 437. The van der Waals surface area contributed by atoms with E-state index in [1.54, 1.807) is 0 Å². The van der Waals surface area contributed by atoms with E-state index >= 15 is 0 Å². The maximum absolute atomic E-state index is 12.4. The second-order valence-electron chi connectivity index (χ2n) is 5.19. The van der Waals surface area contributed by atoms with E-state index in [0.717, 1.165) is 44.0 Å². The summed E-state index contributed by atoms with van der Waals surface area (Å²) in [5, 5.41) is 3.18. The normalized spacial score (nSPS) is 16.9. The van der Waals surface area contributed by atoms with Gasteiger partial charge in [0.1, 0.15) is 0 Å². The quantitative estimate of drug-likeness (QED) is 0.924. The molecule has 0 atom stereocenters. The van der Waals surface area contributed by atoms with Crippen LogP contribution in [0.5, 0.6) is 0 Å². The van der Waals surface area contributed by atoms with Gasteiger partial charge in [-0.05, 0) is 67.7 Å². The van der Waals surface area contributed by atoms with Crippen molar-refractivity contribution >= 4 is 21.8 Å². The number of furan rings is 1. The van der Waals surface area contributed by atoms with Gasteiger partial charge in [0.15, 0.2) is 10.4 Å². The van der Waals surface area contributed by atoms with Gasteiger partial charge in [-0.2, -0.15) is 0 Å². The van der Waals surface area contributed by atoms with Gasteiger partial charge < -0.3 is 14.6 Å². The SMILES string of the molecule is CNCCC1CCN(C(=O)c2oc(Br)cc2C)CC1. The predicted molar refractivity (Wildman–Crippen MR) is 78.3 cm³/mol. The maximum atomic E-state index is 12.4. The molecule has 2 heterocycles. The number of hydrogen-bond donors (Lipinski definition) is 1. The number of halogens is 1. The van der Waals surface area contributed by atoms with Crippen LogP contribution in [-0.2, 0) is 0 Å². The summed E-state index contributed by atoms with van der Waals surface area (Å²) in [7, 11) is 1.98. The molecule has 1 aliphatic rings. The van der Waals surface area contributed by atoms with Gasteiger partial charge in [-0.25, -0.2) is 0 Å². The zero-order valence-corrected chi connectivity index (χ0v) is 13.1. The number of carbonyl (C=O) groups is 1. The lowest BCUT2D eigenvalue weighted by Crippen LogP contribution is -2.39. The smallest absolute Gasteiger partial charge is 0.289 e. The zero-order valence-electron chi connectivity index (χ0n) is 11.5. The lowest BCUT2D eigenvalue weighted by Gasteiger charge is -2.31. The van der Waals surface area contributed by atoms with Gasteiger partial charge in [0.25, 0.3) is 5.91 Å². The van der Waals surface area contributed by atoms with Gasteiger partial charge in [-0.15, -0.1) is 0 Å². The Morgan fingerprint density at radius 3 is 2.74 bits per heavy atom. The predicted octanol–water partition coefficient (Wildman–Crippen LogP) is 2.81. The average molecular weight is 329 g/mol. The molecule has 2 rings (SSSR count). The van der Waals surface area contributed by atoms with Gasteiger partial charge in [-0.1, -0.05) is 0 Å². The summed E-state index contributed by atoms with van der Waals surface area (Å²) in [5.74, 6) is 1.23. The lowest BCUT2D eigenvalue weighted by atomic mass is 9.93. The van der Waals surface area contributed by atoms with Gasteiger partial charge in [-0.3, -0.25) is 4.79 Å². The number of nitrogens with zero attached hydrogens (tertiary/aromatic N) is 1. The second-order valence-corrected chi connectivity index (χ2v) is 5.97. The van der Waals surface area contributed by atoms with Gasteiger partial charge in [0.05, 0.1) is 0 Å². The molecule has 0 aromatic carbocycles. The Morgan fingerprint density at radius 1 is 1.53 bits per heavy atom. The summed E-state index contributed by atoms with van der Waals surface area (Å²) in [5.41, 5.74) is 0.897. The number of piperidine rings is 1. The van der Waals surface area contributed by atoms with Gasteiger partial charge >= 0.3 is 0 Å². The van der Waals surface area contributed by atoms with Crippen LogP contribution in [0.1, 0.15) is 35.4 Å². The number of rotatable bonds is 4. The lowest BCUT2D eigenvalue weighted by molar-refractivity contribution is 0.0652. The Labute approximate surface area is 122 Å². The van der Waals surface area contributed by atoms with Gasteiger partial charge in [0.2, 0.25) is 0 Å². The van der Waals surface area contributed by atoms with E-state index in [1.165, 1.54) is 6.42 Å². The Kier molecular flexibility index (Phi) is 5.05. The molecular weight excluding hydrogens is 308 g/mol. The van der Waals surface area contributed by atoms with Crippen molar-refractivity contribution in [2.75, 3.05) is 26.7 Å². The van der Waals surface area contributed by atoms with Crippen LogP contribution in [0.2, 0.25) is 0 Å². The molecule has 1 amide bonds. The van der Waals surface area contributed by atoms with Crippen molar-refractivity contribution in [3.63, 3.8) is 0 Å². The van der Waals surface area contributed by atoms with Crippen molar-refractivity contribution in [3.05, 3.63) is 22.1 Å². The van der Waals surface area contributed by atoms with Crippen LogP contribution >= 0.6 is 15.9 Å². The standard InChI is InChI=1S/C14H21BrN2O2/c1-10-9-12(15)19-13(10)14(18)17-7-4-11(5-8-17)3-6-16-2/h9,11,16H,3-8H2,1-2H3. The number of hydrogen-bond acceptors (Lipinski definition) is 3. The Balaban J connectivity index is 1.91. The van der Waals surface area contributed by atoms with Crippen LogP contribution in [0.4, 0.5) is 0 Å². The summed E-state index contributed by atoms with van der Waals surface area (Å²) in [6.45, 7) is 4.64. The maximum Gasteiger partial charge on any atom is 0.289 e. The van der Waals surface area contributed by atoms with E-state index in [4.69, 9.17) is 4.42 Å². The van der Waals surface area contributed by atoms with Crippen LogP contribution in [0.15, 0.2) is 15.2 Å². The average Bonchev–Trinajstić information content (AvgIpc) is 2.75. The molecular formula is C14H21BrN2O2. The Morgan fingerprint density at radius 2 is 2.21 bits per heavy atom. The fourth-order valence-electron chi connectivity index (χ4n) is 2.57. The molecule has 0 unspecified atom stereocenters. The van der Waals surface area contributed by atoms with Crippen molar-refractivity contribution in [1.82, 2.24) is 10.2 Å². The van der Waals surface area contributed by atoms with E-state index in [0.29, 0.717) is 10.4 Å². The summed E-state index contributed by atoms with van der Waals surface area (Å²) >= 11 is 3.27. The molecule has 1 aromatic rings. The third-order valence-electron chi connectivity index (χ3n) is 3.79. The first kappa shape index (κ1) is 14.6. The molecule has 0 bridgehead atoms. The van der Waals surface area contributed by atoms with Crippen molar-refractivity contribution in [3.8, 4) is 0 Å². The number of amides is 1. The van der Waals surface area contributed by atoms with Crippen molar-refractivity contribution in [1.29, 1.82) is 0 Å². The molecule has 1 saturated heterocycles. The third-order valence-corrected chi connectivity index (χ3v) is 4.18. The van der Waals surface area contributed by atoms with E-state index in [2.05, 4.69) is 21.2 Å². The van der Waals surface area contributed by atoms with Crippen molar-refractivity contribution in [2.45, 2.75) is 26.2 Å². The number of aryl methyl sites for hydroxylation is 1. The number of likely N-dealkylation sites (tertiary alicyclic amines) is 1. The summed E-state index contributed by atoms with van der Waals surface area (Å²) in [4.78, 5) is 14.3. The molecule has 1 aromatic heterocycles. The summed E-state index contributed by atoms with van der Waals surface area (Å²) < 4.78 is 6.06. The molecule has 5 heteroatoms. The highest BCUT2D eigenvalue weighted by molar-refractivity contribution is 9.10. The molecule has 4 nitrogen and oxygen atoms in total. The first-order valence-corrected chi connectivity index (χ1v) is 7.61. The van der Waals surface area contributed by atoms with E-state index in [1.807, 2.05) is 24.9 Å².